The summed E-state index contributed by atoms with van der Waals surface area (Å²) in [5.74, 6) is -2.26. The topological polar surface area (TPSA) is 43.7 Å². The van der Waals surface area contributed by atoms with Crippen molar-refractivity contribution in [2.45, 2.75) is 32.6 Å². The third-order valence-electron chi connectivity index (χ3n) is 4.80. The highest BCUT2D eigenvalue weighted by molar-refractivity contribution is 5.72. The highest BCUT2D eigenvalue weighted by atomic mass is 19.1. The van der Waals surface area contributed by atoms with Crippen LogP contribution in [-0.2, 0) is 24.4 Å². The molecule has 0 aliphatic heterocycles. The SMILES string of the molecule is CCCc1ccc(-c2c([O])cc(F)c(CCc3ccc(C#N)cc3)c2F)cc1. The molecule has 0 spiro atoms. The molecule has 0 aliphatic rings. The maximum atomic E-state index is 15.1. The Morgan fingerprint density at radius 3 is 2.11 bits per heavy atom. The van der Waals surface area contributed by atoms with Gasteiger partial charge in [-0.15, -0.1) is 0 Å². The molecule has 3 aromatic rings. The number of aryl methyl sites for hydroxylation is 2. The Hall–Kier alpha value is -3.19. The highest BCUT2D eigenvalue weighted by Crippen LogP contribution is 2.36. The molecule has 0 atom stereocenters. The summed E-state index contributed by atoms with van der Waals surface area (Å²) in [7, 11) is 0. The standard InChI is InChI=1S/C24H20F2NO/c1-2-3-16-8-11-19(12-9-16)23-22(28)14-21(25)20(24(23)26)13-10-17-4-6-18(15-27)7-5-17/h4-9,11-12,14H,2-3,10,13H2,1H3. The fourth-order valence-electron chi connectivity index (χ4n) is 3.28. The lowest BCUT2D eigenvalue weighted by molar-refractivity contribution is 0.350. The second-order valence-corrected chi connectivity index (χ2v) is 6.78. The van der Waals surface area contributed by atoms with Crippen LogP contribution in [0, 0.1) is 23.0 Å². The molecular weight excluding hydrogens is 356 g/mol. The molecule has 0 fully saturated rings. The Kier molecular flexibility index (Phi) is 6.06. The van der Waals surface area contributed by atoms with Crippen molar-refractivity contribution in [2.24, 2.45) is 0 Å². The maximum Gasteiger partial charge on any atom is 0.192 e. The van der Waals surface area contributed by atoms with Gasteiger partial charge in [0.25, 0.3) is 0 Å². The van der Waals surface area contributed by atoms with Gasteiger partial charge in [-0.2, -0.15) is 5.26 Å². The summed E-state index contributed by atoms with van der Waals surface area (Å²) in [5.41, 5.74) is 2.81. The Bertz CT molecular complexity index is 1000. The Balaban J connectivity index is 1.89. The van der Waals surface area contributed by atoms with E-state index in [0.29, 0.717) is 17.5 Å². The first kappa shape index (κ1) is 19.6. The molecular formula is C24H20F2NO. The maximum absolute atomic E-state index is 15.1. The van der Waals surface area contributed by atoms with E-state index in [0.717, 1.165) is 30.0 Å². The number of hydrogen-bond acceptors (Lipinski definition) is 1. The third kappa shape index (κ3) is 4.20. The van der Waals surface area contributed by atoms with Gasteiger partial charge in [-0.05, 0) is 48.1 Å². The van der Waals surface area contributed by atoms with Crippen LogP contribution in [-0.4, -0.2) is 0 Å². The molecule has 0 aromatic heterocycles. The van der Waals surface area contributed by atoms with Gasteiger partial charge < -0.3 is 0 Å². The van der Waals surface area contributed by atoms with Crippen molar-refractivity contribution in [3.05, 3.63) is 88.5 Å². The average Bonchev–Trinajstić information content (AvgIpc) is 2.69. The third-order valence-corrected chi connectivity index (χ3v) is 4.80. The lowest BCUT2D eigenvalue weighted by Crippen LogP contribution is -2.01. The van der Waals surface area contributed by atoms with E-state index < -0.39 is 17.4 Å². The molecule has 0 N–H and O–H groups in total. The summed E-state index contributed by atoms with van der Waals surface area (Å²) in [4.78, 5) is 0. The van der Waals surface area contributed by atoms with Gasteiger partial charge in [0.15, 0.2) is 5.75 Å². The molecule has 0 amide bonds. The van der Waals surface area contributed by atoms with Gasteiger partial charge in [-0.1, -0.05) is 49.7 Å². The fraction of sp³-hybridized carbons (Fsp3) is 0.208. The van der Waals surface area contributed by atoms with E-state index in [1.165, 1.54) is 0 Å². The molecule has 1 radical (unpaired) electrons. The van der Waals surface area contributed by atoms with Gasteiger partial charge in [0.1, 0.15) is 11.6 Å². The molecule has 0 saturated carbocycles. The van der Waals surface area contributed by atoms with Crippen LogP contribution in [0.5, 0.6) is 5.75 Å². The van der Waals surface area contributed by atoms with E-state index in [4.69, 9.17) is 5.26 Å². The number of nitriles is 1. The van der Waals surface area contributed by atoms with Crippen LogP contribution in [0.4, 0.5) is 8.78 Å². The van der Waals surface area contributed by atoms with Crippen LogP contribution >= 0.6 is 0 Å². The monoisotopic (exact) mass is 376 g/mol. The lowest BCUT2D eigenvalue weighted by Gasteiger charge is -2.12. The van der Waals surface area contributed by atoms with Crippen LogP contribution in [0.2, 0.25) is 0 Å². The zero-order valence-corrected chi connectivity index (χ0v) is 15.6. The predicted molar refractivity (Wildman–Crippen MR) is 104 cm³/mol. The van der Waals surface area contributed by atoms with E-state index in [-0.39, 0.29) is 17.5 Å². The molecule has 0 bridgehead atoms. The summed E-state index contributed by atoms with van der Waals surface area (Å²) in [6.07, 6.45) is 2.44. The highest BCUT2D eigenvalue weighted by Gasteiger charge is 2.20. The minimum Gasteiger partial charge on any atom is -0.289 e. The molecule has 0 saturated heterocycles. The molecule has 4 heteroatoms. The Morgan fingerprint density at radius 2 is 1.50 bits per heavy atom. The van der Waals surface area contributed by atoms with E-state index in [1.807, 2.05) is 18.2 Å². The second-order valence-electron chi connectivity index (χ2n) is 6.78. The van der Waals surface area contributed by atoms with Gasteiger partial charge in [0.05, 0.1) is 17.2 Å². The molecule has 0 aliphatic carbocycles. The molecule has 3 rings (SSSR count). The molecule has 3 aromatic carbocycles. The molecule has 2 nitrogen and oxygen atoms in total. The second kappa shape index (κ2) is 8.67. The normalized spacial score (nSPS) is 10.6. The fourth-order valence-corrected chi connectivity index (χ4v) is 3.28. The average molecular weight is 376 g/mol. The van der Waals surface area contributed by atoms with E-state index in [9.17, 15) is 9.50 Å². The summed E-state index contributed by atoms with van der Waals surface area (Å²) in [6.45, 7) is 2.07. The molecule has 141 valence electrons. The Labute approximate surface area is 163 Å². The first-order valence-electron chi connectivity index (χ1n) is 9.29. The molecule has 28 heavy (non-hydrogen) atoms. The summed E-state index contributed by atoms with van der Waals surface area (Å²) >= 11 is 0. The number of rotatable bonds is 6. The van der Waals surface area contributed by atoms with Gasteiger partial charge in [-0.25, -0.2) is 8.78 Å². The summed E-state index contributed by atoms with van der Waals surface area (Å²) < 4.78 is 29.4. The van der Waals surface area contributed by atoms with Crippen molar-refractivity contribution in [1.82, 2.24) is 0 Å². The Morgan fingerprint density at radius 1 is 0.893 bits per heavy atom. The lowest BCUT2D eigenvalue weighted by atomic mass is 9.95. The van der Waals surface area contributed by atoms with E-state index in [1.54, 1.807) is 36.4 Å². The van der Waals surface area contributed by atoms with Gasteiger partial charge in [0.2, 0.25) is 0 Å². The smallest absolute Gasteiger partial charge is 0.192 e. The minimum atomic E-state index is -0.817. The van der Waals surface area contributed by atoms with E-state index in [2.05, 4.69) is 6.92 Å². The van der Waals surface area contributed by atoms with Gasteiger partial charge >= 0.3 is 0 Å². The predicted octanol–water partition coefficient (Wildman–Crippen LogP) is 6.38. The largest absolute Gasteiger partial charge is 0.289 e. The van der Waals surface area contributed by atoms with E-state index >= 15 is 4.39 Å². The molecule has 0 heterocycles. The quantitative estimate of drug-likeness (QED) is 0.492. The van der Waals surface area contributed by atoms with Crippen molar-refractivity contribution < 1.29 is 13.9 Å². The number of benzene rings is 3. The molecule has 0 unspecified atom stereocenters. The van der Waals surface area contributed by atoms with Crippen molar-refractivity contribution in [1.29, 1.82) is 5.26 Å². The minimum absolute atomic E-state index is 0.0840. The first-order valence-corrected chi connectivity index (χ1v) is 9.29. The van der Waals surface area contributed by atoms with Crippen LogP contribution in [0.25, 0.3) is 11.1 Å². The number of hydrogen-bond donors (Lipinski definition) is 0. The zero-order chi connectivity index (χ0) is 20.1. The first-order chi connectivity index (χ1) is 13.5. The number of nitrogens with zero attached hydrogens (tertiary/aromatic N) is 1. The summed E-state index contributed by atoms with van der Waals surface area (Å²) in [5, 5.41) is 21.1. The number of halogens is 2. The van der Waals surface area contributed by atoms with Crippen molar-refractivity contribution in [3.8, 4) is 22.9 Å². The van der Waals surface area contributed by atoms with Crippen molar-refractivity contribution in [3.63, 3.8) is 0 Å². The van der Waals surface area contributed by atoms with Crippen LogP contribution in [0.15, 0.2) is 54.6 Å². The van der Waals surface area contributed by atoms with Crippen LogP contribution in [0.1, 0.15) is 35.6 Å². The zero-order valence-electron chi connectivity index (χ0n) is 15.6. The van der Waals surface area contributed by atoms with Gasteiger partial charge in [0, 0.05) is 11.6 Å². The van der Waals surface area contributed by atoms with Crippen molar-refractivity contribution in [2.75, 3.05) is 0 Å². The van der Waals surface area contributed by atoms with Crippen LogP contribution in [0.3, 0.4) is 0 Å². The summed E-state index contributed by atoms with van der Waals surface area (Å²) in [6, 6.07) is 17.0. The van der Waals surface area contributed by atoms with Gasteiger partial charge in [-0.3, -0.25) is 5.11 Å². The van der Waals surface area contributed by atoms with Crippen molar-refractivity contribution >= 4 is 0 Å². The van der Waals surface area contributed by atoms with Crippen LogP contribution < -0.4 is 0 Å².